The second-order valence-electron chi connectivity index (χ2n) is 3.08. The molecule has 1 heterocycles. The average molecular weight is 283 g/mol. The third-order valence-electron chi connectivity index (χ3n) is 1.88. The van der Waals surface area contributed by atoms with Gasteiger partial charge in [-0.2, -0.15) is 0 Å². The molecule has 1 aromatic heterocycles. The highest BCUT2D eigenvalue weighted by atomic mass is 79.9. The molecule has 0 saturated heterocycles. The molecule has 0 amide bonds. The number of nitrogens with one attached hydrogen (secondary N) is 1. The molecule has 82 valence electrons. The fourth-order valence-electron chi connectivity index (χ4n) is 1.17. The fraction of sp³-hybridized carbons (Fsp3) is 0. The van der Waals surface area contributed by atoms with E-state index in [1.165, 1.54) is 18.5 Å². The van der Waals surface area contributed by atoms with Gasteiger partial charge in [-0.05, 0) is 34.1 Å². The average Bonchev–Trinajstić information content (AvgIpc) is 2.22. The molecule has 0 saturated carbocycles. The molecule has 0 aliphatic heterocycles. The summed E-state index contributed by atoms with van der Waals surface area (Å²) in [5, 5.41) is 3.00. The van der Waals surface area contributed by atoms with Crippen molar-refractivity contribution in [2.75, 3.05) is 11.1 Å². The largest absolute Gasteiger partial charge is 0.384 e. The Balaban J connectivity index is 2.27. The predicted molar refractivity (Wildman–Crippen MR) is 63.8 cm³/mol. The van der Waals surface area contributed by atoms with Crippen molar-refractivity contribution in [2.24, 2.45) is 0 Å². The maximum atomic E-state index is 12.8. The van der Waals surface area contributed by atoms with Crippen LogP contribution in [0.15, 0.2) is 35.1 Å². The summed E-state index contributed by atoms with van der Waals surface area (Å²) in [6.07, 6.45) is 1.36. The Morgan fingerprint density at radius 2 is 2.06 bits per heavy atom. The molecule has 3 N–H and O–H groups in total. The quantitative estimate of drug-likeness (QED) is 0.889. The highest BCUT2D eigenvalue weighted by Gasteiger charge is 2.02. The van der Waals surface area contributed by atoms with Gasteiger partial charge in [0.15, 0.2) is 0 Å². The van der Waals surface area contributed by atoms with Gasteiger partial charge in [-0.15, -0.1) is 0 Å². The Hall–Kier alpha value is -1.69. The number of halogens is 2. The second-order valence-corrected chi connectivity index (χ2v) is 3.93. The highest BCUT2D eigenvalue weighted by molar-refractivity contribution is 9.10. The molecule has 2 aromatic rings. The Morgan fingerprint density at radius 3 is 2.75 bits per heavy atom. The molecule has 0 bridgehead atoms. The van der Waals surface area contributed by atoms with Crippen LogP contribution < -0.4 is 11.1 Å². The van der Waals surface area contributed by atoms with Crippen LogP contribution in [0.5, 0.6) is 0 Å². The predicted octanol–water partition coefficient (Wildman–Crippen LogP) is 2.70. The molecule has 2 rings (SSSR count). The lowest BCUT2D eigenvalue weighted by Crippen LogP contribution is -1.98. The van der Waals surface area contributed by atoms with Crippen LogP contribution in [0.1, 0.15) is 0 Å². The zero-order chi connectivity index (χ0) is 11.5. The number of hydrogen-bond acceptors (Lipinski definition) is 4. The van der Waals surface area contributed by atoms with Crippen LogP contribution in [0.3, 0.4) is 0 Å². The van der Waals surface area contributed by atoms with Crippen LogP contribution in [-0.2, 0) is 0 Å². The minimum Gasteiger partial charge on any atom is -0.384 e. The maximum absolute atomic E-state index is 12.8. The van der Waals surface area contributed by atoms with Crippen molar-refractivity contribution in [3.8, 4) is 0 Å². The summed E-state index contributed by atoms with van der Waals surface area (Å²) < 4.78 is 13.5. The van der Waals surface area contributed by atoms with Gasteiger partial charge in [0.25, 0.3) is 0 Å². The van der Waals surface area contributed by atoms with Crippen LogP contribution in [0, 0.1) is 5.82 Å². The lowest BCUT2D eigenvalue weighted by molar-refractivity contribution is 0.627. The molecule has 6 heteroatoms. The summed E-state index contributed by atoms with van der Waals surface area (Å²) in [6.45, 7) is 0. The molecule has 4 nitrogen and oxygen atoms in total. The minimum absolute atomic E-state index is 0.306. The van der Waals surface area contributed by atoms with Crippen molar-refractivity contribution >= 4 is 33.3 Å². The molecule has 0 unspecified atom stereocenters. The molecular weight excluding hydrogens is 275 g/mol. The molecule has 0 atom stereocenters. The van der Waals surface area contributed by atoms with Crippen molar-refractivity contribution in [3.63, 3.8) is 0 Å². The van der Waals surface area contributed by atoms with E-state index in [-0.39, 0.29) is 5.82 Å². The topological polar surface area (TPSA) is 63.8 Å². The Labute approximate surface area is 99.9 Å². The van der Waals surface area contributed by atoms with E-state index >= 15 is 0 Å². The summed E-state index contributed by atoms with van der Waals surface area (Å²) in [7, 11) is 0. The molecular formula is C10H8BrFN4. The van der Waals surface area contributed by atoms with Gasteiger partial charge in [-0.1, -0.05) is 0 Å². The van der Waals surface area contributed by atoms with Gasteiger partial charge in [0.05, 0.1) is 5.69 Å². The number of rotatable bonds is 2. The van der Waals surface area contributed by atoms with E-state index in [1.54, 1.807) is 12.1 Å². The number of benzene rings is 1. The number of anilines is 3. The van der Waals surface area contributed by atoms with Crippen LogP contribution in [0.25, 0.3) is 0 Å². The molecule has 0 radical (unpaired) electrons. The first-order valence-electron chi connectivity index (χ1n) is 4.45. The smallest absolute Gasteiger partial charge is 0.135 e. The van der Waals surface area contributed by atoms with Crippen LogP contribution in [-0.4, -0.2) is 9.97 Å². The Kier molecular flexibility index (Phi) is 3.00. The first-order chi connectivity index (χ1) is 7.65. The second kappa shape index (κ2) is 4.44. The van der Waals surface area contributed by atoms with E-state index < -0.39 is 0 Å². The number of hydrogen-bond donors (Lipinski definition) is 2. The molecule has 0 spiro atoms. The summed E-state index contributed by atoms with van der Waals surface area (Å²) in [5.74, 6) is 0.621. The van der Waals surface area contributed by atoms with E-state index in [0.717, 1.165) is 0 Å². The first-order valence-corrected chi connectivity index (χ1v) is 5.24. The van der Waals surface area contributed by atoms with Gasteiger partial charge in [0, 0.05) is 10.5 Å². The van der Waals surface area contributed by atoms with Gasteiger partial charge in [0.2, 0.25) is 0 Å². The van der Waals surface area contributed by atoms with Gasteiger partial charge in [-0.25, -0.2) is 14.4 Å². The van der Waals surface area contributed by atoms with Gasteiger partial charge >= 0.3 is 0 Å². The Morgan fingerprint density at radius 1 is 1.25 bits per heavy atom. The summed E-state index contributed by atoms with van der Waals surface area (Å²) >= 11 is 3.25. The summed E-state index contributed by atoms with van der Waals surface area (Å²) in [6, 6.07) is 5.93. The van der Waals surface area contributed by atoms with Crippen molar-refractivity contribution in [1.82, 2.24) is 9.97 Å². The zero-order valence-electron chi connectivity index (χ0n) is 8.11. The number of aromatic nitrogens is 2. The van der Waals surface area contributed by atoms with Crippen LogP contribution in [0.2, 0.25) is 0 Å². The van der Waals surface area contributed by atoms with Gasteiger partial charge in [0.1, 0.15) is 23.8 Å². The number of nitrogen functional groups attached to an aromatic ring is 1. The molecule has 0 aliphatic rings. The number of nitrogens with two attached hydrogens (primary N) is 1. The zero-order valence-corrected chi connectivity index (χ0v) is 9.70. The van der Waals surface area contributed by atoms with Crippen LogP contribution >= 0.6 is 15.9 Å². The van der Waals surface area contributed by atoms with Crippen LogP contribution in [0.4, 0.5) is 21.7 Å². The van der Waals surface area contributed by atoms with Crippen molar-refractivity contribution in [2.45, 2.75) is 0 Å². The van der Waals surface area contributed by atoms with E-state index in [4.69, 9.17) is 5.73 Å². The summed E-state index contributed by atoms with van der Waals surface area (Å²) in [4.78, 5) is 7.75. The van der Waals surface area contributed by atoms with Crippen molar-refractivity contribution in [1.29, 1.82) is 0 Å². The third kappa shape index (κ3) is 2.46. The van der Waals surface area contributed by atoms with Crippen molar-refractivity contribution < 1.29 is 4.39 Å². The molecule has 0 fully saturated rings. The monoisotopic (exact) mass is 282 g/mol. The Bertz CT molecular complexity index is 518. The lowest BCUT2D eigenvalue weighted by atomic mass is 10.3. The molecule has 0 aliphatic carbocycles. The van der Waals surface area contributed by atoms with Crippen molar-refractivity contribution in [3.05, 3.63) is 40.9 Å². The van der Waals surface area contributed by atoms with E-state index in [2.05, 4.69) is 31.2 Å². The molecule has 1 aromatic carbocycles. The maximum Gasteiger partial charge on any atom is 0.135 e. The highest BCUT2D eigenvalue weighted by Crippen LogP contribution is 2.25. The summed E-state index contributed by atoms with van der Waals surface area (Å²) in [5.41, 5.74) is 6.22. The van der Waals surface area contributed by atoms with E-state index in [9.17, 15) is 4.39 Å². The number of nitrogens with zero attached hydrogens (tertiary/aromatic N) is 2. The fourth-order valence-corrected chi connectivity index (χ4v) is 1.62. The standard InChI is InChI=1S/C10H8BrFN4/c11-7-3-6(12)1-2-8(7)16-10-4-9(13)14-5-15-10/h1-5H,(H3,13,14,15,16). The third-order valence-corrected chi connectivity index (χ3v) is 2.54. The SMILES string of the molecule is Nc1cc(Nc2ccc(F)cc2Br)ncn1. The minimum atomic E-state index is -0.306. The molecule has 16 heavy (non-hydrogen) atoms. The first kappa shape index (κ1) is 10.8. The normalized spacial score (nSPS) is 10.1. The van der Waals surface area contributed by atoms with Gasteiger partial charge in [-0.3, -0.25) is 0 Å². The van der Waals surface area contributed by atoms with Gasteiger partial charge < -0.3 is 11.1 Å². The van der Waals surface area contributed by atoms with E-state index in [0.29, 0.717) is 21.8 Å². The van der Waals surface area contributed by atoms with E-state index in [1.807, 2.05) is 0 Å². The lowest BCUT2D eigenvalue weighted by Gasteiger charge is -2.07.